The summed E-state index contributed by atoms with van der Waals surface area (Å²) in [5.74, 6) is 0.213. The van der Waals surface area contributed by atoms with Crippen LogP contribution in [0.25, 0.3) is 0 Å². The van der Waals surface area contributed by atoms with Crippen LogP contribution < -0.4 is 10.6 Å². The SMILES string of the molecule is CCCCC(CCC)NC(=O)CCCNC.Cl. The first-order valence-corrected chi connectivity index (χ1v) is 6.68. The Hall–Kier alpha value is -0.280. The maximum Gasteiger partial charge on any atom is 0.220 e. The van der Waals surface area contributed by atoms with Gasteiger partial charge in [-0.2, -0.15) is 0 Å². The lowest BCUT2D eigenvalue weighted by atomic mass is 10.0. The zero-order valence-corrected chi connectivity index (χ0v) is 12.4. The van der Waals surface area contributed by atoms with Crippen LogP contribution in [0.15, 0.2) is 0 Å². The number of nitrogens with one attached hydrogen (secondary N) is 2. The highest BCUT2D eigenvalue weighted by molar-refractivity contribution is 5.85. The smallest absolute Gasteiger partial charge is 0.220 e. The van der Waals surface area contributed by atoms with Gasteiger partial charge in [0.15, 0.2) is 0 Å². The molecule has 0 spiro atoms. The third kappa shape index (κ3) is 12.0. The molecule has 3 nitrogen and oxygen atoms in total. The van der Waals surface area contributed by atoms with Crippen molar-refractivity contribution in [2.45, 2.75) is 64.8 Å². The molecule has 0 rings (SSSR count). The van der Waals surface area contributed by atoms with Gasteiger partial charge in [-0.15, -0.1) is 12.4 Å². The van der Waals surface area contributed by atoms with E-state index in [1.165, 1.54) is 12.8 Å². The highest BCUT2D eigenvalue weighted by Gasteiger charge is 2.10. The second-order valence-corrected chi connectivity index (χ2v) is 4.40. The van der Waals surface area contributed by atoms with Crippen molar-refractivity contribution in [1.82, 2.24) is 10.6 Å². The van der Waals surface area contributed by atoms with Crippen LogP contribution in [0.5, 0.6) is 0 Å². The van der Waals surface area contributed by atoms with E-state index in [1.54, 1.807) is 0 Å². The summed E-state index contributed by atoms with van der Waals surface area (Å²) in [7, 11) is 1.92. The molecule has 17 heavy (non-hydrogen) atoms. The molecule has 0 fully saturated rings. The Kier molecular flexibility index (Phi) is 15.5. The first-order chi connectivity index (χ1) is 7.74. The van der Waals surface area contributed by atoms with E-state index in [0.29, 0.717) is 12.5 Å². The Balaban J connectivity index is 0. The van der Waals surface area contributed by atoms with Gasteiger partial charge in [-0.05, 0) is 32.9 Å². The van der Waals surface area contributed by atoms with E-state index < -0.39 is 0 Å². The molecule has 0 aromatic carbocycles. The van der Waals surface area contributed by atoms with Crippen molar-refractivity contribution in [2.75, 3.05) is 13.6 Å². The first kappa shape index (κ1) is 19.1. The molecule has 0 aliphatic heterocycles. The Labute approximate surface area is 113 Å². The van der Waals surface area contributed by atoms with Crippen molar-refractivity contribution < 1.29 is 4.79 Å². The van der Waals surface area contributed by atoms with Gasteiger partial charge in [-0.3, -0.25) is 4.79 Å². The monoisotopic (exact) mass is 264 g/mol. The highest BCUT2D eigenvalue weighted by atomic mass is 35.5. The van der Waals surface area contributed by atoms with Crippen molar-refractivity contribution in [3.63, 3.8) is 0 Å². The predicted octanol–water partition coefficient (Wildman–Crippen LogP) is 2.88. The standard InChI is InChI=1S/C13H28N2O.ClH/c1-4-6-9-12(8-5-2)15-13(16)10-7-11-14-3;/h12,14H,4-11H2,1-3H3,(H,15,16);1H. The summed E-state index contributed by atoms with van der Waals surface area (Å²) in [6.07, 6.45) is 7.37. The first-order valence-electron chi connectivity index (χ1n) is 6.68. The molecule has 0 aliphatic rings. The molecule has 0 aliphatic carbocycles. The predicted molar refractivity (Wildman–Crippen MR) is 76.8 cm³/mol. The maximum absolute atomic E-state index is 11.6. The number of unbranched alkanes of at least 4 members (excludes halogenated alkanes) is 1. The molecule has 1 unspecified atom stereocenters. The van der Waals surface area contributed by atoms with E-state index in [4.69, 9.17) is 0 Å². The Morgan fingerprint density at radius 2 is 1.82 bits per heavy atom. The Bertz CT molecular complexity index is 177. The third-order valence-corrected chi connectivity index (χ3v) is 2.74. The van der Waals surface area contributed by atoms with Gasteiger partial charge in [-0.25, -0.2) is 0 Å². The molecule has 0 aromatic rings. The second kappa shape index (κ2) is 13.8. The topological polar surface area (TPSA) is 41.1 Å². The fraction of sp³-hybridized carbons (Fsp3) is 0.923. The molecule has 0 saturated heterocycles. The minimum atomic E-state index is 0. The van der Waals surface area contributed by atoms with Gasteiger partial charge < -0.3 is 10.6 Å². The number of rotatable bonds is 10. The van der Waals surface area contributed by atoms with Gasteiger partial charge in [0.05, 0.1) is 0 Å². The summed E-state index contributed by atoms with van der Waals surface area (Å²) in [4.78, 5) is 11.6. The summed E-state index contributed by atoms with van der Waals surface area (Å²) in [5, 5.41) is 6.20. The number of halogens is 1. The van der Waals surface area contributed by atoms with E-state index >= 15 is 0 Å². The summed E-state index contributed by atoms with van der Waals surface area (Å²) in [6, 6.07) is 0.395. The zero-order chi connectivity index (χ0) is 12.2. The largest absolute Gasteiger partial charge is 0.353 e. The Morgan fingerprint density at radius 3 is 2.35 bits per heavy atom. The summed E-state index contributed by atoms with van der Waals surface area (Å²) in [6.45, 7) is 5.28. The van der Waals surface area contributed by atoms with E-state index in [0.717, 1.165) is 32.2 Å². The van der Waals surface area contributed by atoms with Crippen LogP contribution in [0.3, 0.4) is 0 Å². The number of hydrogen-bond acceptors (Lipinski definition) is 2. The molecule has 0 radical (unpaired) electrons. The fourth-order valence-corrected chi connectivity index (χ4v) is 1.81. The van der Waals surface area contributed by atoms with Crippen LogP contribution in [0, 0.1) is 0 Å². The molecule has 1 amide bonds. The number of carbonyl (C=O) groups is 1. The lowest BCUT2D eigenvalue weighted by molar-refractivity contribution is -0.122. The van der Waals surface area contributed by atoms with Crippen LogP contribution in [-0.4, -0.2) is 25.5 Å². The van der Waals surface area contributed by atoms with Gasteiger partial charge in [-0.1, -0.05) is 33.1 Å². The highest BCUT2D eigenvalue weighted by Crippen LogP contribution is 2.07. The van der Waals surface area contributed by atoms with Crippen molar-refractivity contribution >= 4 is 18.3 Å². The van der Waals surface area contributed by atoms with Gasteiger partial charge >= 0.3 is 0 Å². The molecule has 4 heteroatoms. The van der Waals surface area contributed by atoms with E-state index in [-0.39, 0.29) is 18.3 Å². The fourth-order valence-electron chi connectivity index (χ4n) is 1.81. The molecule has 0 aromatic heterocycles. The van der Waals surface area contributed by atoms with Crippen molar-refractivity contribution in [3.05, 3.63) is 0 Å². The molecular weight excluding hydrogens is 236 g/mol. The Morgan fingerprint density at radius 1 is 1.12 bits per heavy atom. The van der Waals surface area contributed by atoms with E-state index in [9.17, 15) is 4.79 Å². The zero-order valence-electron chi connectivity index (χ0n) is 11.6. The summed E-state index contributed by atoms with van der Waals surface area (Å²) in [5.41, 5.74) is 0. The van der Waals surface area contributed by atoms with Gasteiger partial charge in [0.1, 0.15) is 0 Å². The third-order valence-electron chi connectivity index (χ3n) is 2.74. The van der Waals surface area contributed by atoms with Crippen molar-refractivity contribution in [1.29, 1.82) is 0 Å². The van der Waals surface area contributed by atoms with E-state index in [2.05, 4.69) is 24.5 Å². The van der Waals surface area contributed by atoms with E-state index in [1.807, 2.05) is 7.05 Å². The second-order valence-electron chi connectivity index (χ2n) is 4.40. The molecular formula is C13H29ClN2O. The number of amides is 1. The van der Waals surface area contributed by atoms with Crippen molar-refractivity contribution in [2.24, 2.45) is 0 Å². The summed E-state index contributed by atoms with van der Waals surface area (Å²) >= 11 is 0. The van der Waals surface area contributed by atoms with Gasteiger partial charge in [0, 0.05) is 12.5 Å². The molecule has 104 valence electrons. The van der Waals surface area contributed by atoms with Crippen LogP contribution >= 0.6 is 12.4 Å². The molecule has 0 heterocycles. The summed E-state index contributed by atoms with van der Waals surface area (Å²) < 4.78 is 0. The van der Waals surface area contributed by atoms with Gasteiger partial charge in [0.2, 0.25) is 5.91 Å². The molecule has 0 bridgehead atoms. The average Bonchev–Trinajstić information content (AvgIpc) is 2.26. The van der Waals surface area contributed by atoms with Gasteiger partial charge in [0.25, 0.3) is 0 Å². The minimum absolute atomic E-state index is 0. The quantitative estimate of drug-likeness (QED) is 0.596. The lowest BCUT2D eigenvalue weighted by Gasteiger charge is -2.17. The average molecular weight is 265 g/mol. The molecule has 0 saturated carbocycles. The molecule has 1 atom stereocenters. The van der Waals surface area contributed by atoms with Crippen LogP contribution in [0.1, 0.15) is 58.8 Å². The van der Waals surface area contributed by atoms with Crippen LogP contribution in [0.4, 0.5) is 0 Å². The van der Waals surface area contributed by atoms with Crippen molar-refractivity contribution in [3.8, 4) is 0 Å². The lowest BCUT2D eigenvalue weighted by Crippen LogP contribution is -2.34. The van der Waals surface area contributed by atoms with Crippen LogP contribution in [0.2, 0.25) is 0 Å². The minimum Gasteiger partial charge on any atom is -0.353 e. The maximum atomic E-state index is 11.6. The van der Waals surface area contributed by atoms with Crippen LogP contribution in [-0.2, 0) is 4.79 Å². The normalized spacial score (nSPS) is 11.7. The number of carbonyl (C=O) groups excluding carboxylic acids is 1. The molecule has 2 N–H and O–H groups in total. The number of hydrogen-bond donors (Lipinski definition) is 2.